The Kier molecular flexibility index (Phi) is 5.82. The lowest BCUT2D eigenvalue weighted by molar-refractivity contribution is 0.587. The Morgan fingerprint density at radius 3 is 2.58 bits per heavy atom. The minimum Gasteiger partial charge on any atom is -0.383 e. The predicted molar refractivity (Wildman–Crippen MR) is 80.0 cm³/mol. The number of unbranched alkanes of at least 4 members (excludes halogenated alkanes) is 1. The fourth-order valence-electron chi connectivity index (χ4n) is 1.96. The highest BCUT2D eigenvalue weighted by Gasteiger charge is 2.15. The highest BCUT2D eigenvalue weighted by atomic mass is 32.2. The van der Waals surface area contributed by atoms with Crippen LogP contribution in [-0.2, 0) is 10.0 Å². The Morgan fingerprint density at radius 2 is 2.00 bits per heavy atom. The minimum absolute atomic E-state index is 0.336. The molecule has 0 fully saturated rings. The molecular weight excluding hydrogens is 260 g/mol. The van der Waals surface area contributed by atoms with Crippen LogP contribution in [0.25, 0.3) is 0 Å². The Morgan fingerprint density at radius 1 is 1.32 bits per heavy atom. The van der Waals surface area contributed by atoms with Crippen LogP contribution in [0.3, 0.4) is 0 Å². The average molecular weight is 284 g/mol. The van der Waals surface area contributed by atoms with E-state index in [0.29, 0.717) is 10.9 Å². The first-order valence-corrected chi connectivity index (χ1v) is 8.19. The molecule has 1 atom stereocenters. The molecule has 1 rings (SSSR count). The summed E-state index contributed by atoms with van der Waals surface area (Å²) in [5.74, 6) is 0. The molecule has 0 saturated heterocycles. The highest BCUT2D eigenvalue weighted by molar-refractivity contribution is 7.89. The Hall–Kier alpha value is -1.07. The van der Waals surface area contributed by atoms with Gasteiger partial charge in [-0.15, -0.1) is 0 Å². The average Bonchev–Trinajstić information content (AvgIpc) is 2.38. The molecule has 0 spiro atoms. The van der Waals surface area contributed by atoms with E-state index in [1.54, 1.807) is 13.0 Å². The molecule has 0 bridgehead atoms. The van der Waals surface area contributed by atoms with Gasteiger partial charge in [0, 0.05) is 11.7 Å². The normalized spacial score (nSPS) is 13.3. The first kappa shape index (κ1) is 16.0. The molecular formula is C14H24N2O2S. The number of hydrogen-bond acceptors (Lipinski definition) is 3. The number of rotatable bonds is 7. The van der Waals surface area contributed by atoms with Crippen LogP contribution < -0.4 is 10.0 Å². The predicted octanol–water partition coefficient (Wildman–Crippen LogP) is 2.89. The molecule has 0 radical (unpaired) electrons. The standard InChI is InChI=1S/C14H24N2O2S/c1-5-6-7-12(3)16-13-9-8-11(2)14(10-13)19(17,18)15-4/h8-10,12,15-16H,5-7H2,1-4H3. The number of hydrogen-bond donors (Lipinski definition) is 2. The van der Waals surface area contributed by atoms with Gasteiger partial charge in [0.15, 0.2) is 0 Å². The summed E-state index contributed by atoms with van der Waals surface area (Å²) in [5.41, 5.74) is 1.60. The first-order chi connectivity index (χ1) is 8.90. The summed E-state index contributed by atoms with van der Waals surface area (Å²) in [7, 11) is -1.96. The smallest absolute Gasteiger partial charge is 0.240 e. The van der Waals surface area contributed by atoms with E-state index in [1.807, 2.05) is 12.1 Å². The number of aryl methyl sites for hydroxylation is 1. The maximum Gasteiger partial charge on any atom is 0.240 e. The lowest BCUT2D eigenvalue weighted by Crippen LogP contribution is -2.20. The molecule has 0 heterocycles. The largest absolute Gasteiger partial charge is 0.383 e. The van der Waals surface area contributed by atoms with Crippen molar-refractivity contribution in [2.45, 2.75) is 51.0 Å². The van der Waals surface area contributed by atoms with E-state index in [1.165, 1.54) is 19.9 Å². The van der Waals surface area contributed by atoms with Gasteiger partial charge in [-0.05, 0) is 45.0 Å². The van der Waals surface area contributed by atoms with Gasteiger partial charge in [0.1, 0.15) is 0 Å². The Balaban J connectivity index is 2.91. The van der Waals surface area contributed by atoms with Crippen LogP contribution in [0.5, 0.6) is 0 Å². The molecule has 0 aliphatic heterocycles. The van der Waals surface area contributed by atoms with E-state index < -0.39 is 10.0 Å². The van der Waals surface area contributed by atoms with Crippen molar-refractivity contribution in [2.75, 3.05) is 12.4 Å². The van der Waals surface area contributed by atoms with Crippen LogP contribution in [0.15, 0.2) is 23.1 Å². The fourth-order valence-corrected chi connectivity index (χ4v) is 2.95. The molecule has 0 aromatic heterocycles. The number of benzene rings is 1. The molecule has 1 unspecified atom stereocenters. The summed E-state index contributed by atoms with van der Waals surface area (Å²) in [4.78, 5) is 0.336. The molecule has 0 aliphatic carbocycles. The van der Waals surface area contributed by atoms with E-state index in [4.69, 9.17) is 0 Å². The number of sulfonamides is 1. The van der Waals surface area contributed by atoms with Crippen LogP contribution >= 0.6 is 0 Å². The zero-order chi connectivity index (χ0) is 14.5. The summed E-state index contributed by atoms with van der Waals surface area (Å²) in [6.45, 7) is 6.08. The molecule has 0 amide bonds. The molecule has 1 aromatic rings. The SMILES string of the molecule is CCCCC(C)Nc1ccc(C)c(S(=O)(=O)NC)c1. The molecule has 108 valence electrons. The van der Waals surface area contributed by atoms with Crippen LogP contribution in [0.2, 0.25) is 0 Å². The Bertz CT molecular complexity index is 512. The van der Waals surface area contributed by atoms with Crippen molar-refractivity contribution >= 4 is 15.7 Å². The van der Waals surface area contributed by atoms with Gasteiger partial charge in [0.2, 0.25) is 10.0 Å². The van der Waals surface area contributed by atoms with Crippen molar-refractivity contribution < 1.29 is 8.42 Å². The maximum atomic E-state index is 11.9. The fraction of sp³-hybridized carbons (Fsp3) is 0.571. The number of anilines is 1. The van der Waals surface area contributed by atoms with Crippen molar-refractivity contribution in [3.63, 3.8) is 0 Å². The monoisotopic (exact) mass is 284 g/mol. The van der Waals surface area contributed by atoms with Gasteiger partial charge in [-0.2, -0.15) is 0 Å². The van der Waals surface area contributed by atoms with Crippen LogP contribution in [-0.4, -0.2) is 21.5 Å². The summed E-state index contributed by atoms with van der Waals surface area (Å²) >= 11 is 0. The van der Waals surface area contributed by atoms with E-state index in [0.717, 1.165) is 17.7 Å². The summed E-state index contributed by atoms with van der Waals surface area (Å²) < 4.78 is 26.1. The van der Waals surface area contributed by atoms with Crippen molar-refractivity contribution in [3.05, 3.63) is 23.8 Å². The molecule has 4 nitrogen and oxygen atoms in total. The van der Waals surface area contributed by atoms with Gasteiger partial charge in [0.05, 0.1) is 4.90 Å². The van der Waals surface area contributed by atoms with E-state index in [-0.39, 0.29) is 0 Å². The molecule has 1 aromatic carbocycles. The third-order valence-corrected chi connectivity index (χ3v) is 4.71. The van der Waals surface area contributed by atoms with E-state index in [2.05, 4.69) is 23.9 Å². The summed E-state index contributed by atoms with van der Waals surface area (Å²) in [5, 5.41) is 3.35. The third kappa shape index (κ3) is 4.51. The zero-order valence-electron chi connectivity index (χ0n) is 12.2. The second-order valence-electron chi connectivity index (χ2n) is 4.88. The third-order valence-electron chi connectivity index (χ3n) is 3.15. The van der Waals surface area contributed by atoms with Crippen LogP contribution in [0.4, 0.5) is 5.69 Å². The lowest BCUT2D eigenvalue weighted by atomic mass is 10.1. The van der Waals surface area contributed by atoms with Gasteiger partial charge >= 0.3 is 0 Å². The molecule has 5 heteroatoms. The van der Waals surface area contributed by atoms with Gasteiger partial charge in [-0.25, -0.2) is 13.1 Å². The van der Waals surface area contributed by atoms with Crippen molar-refractivity contribution in [2.24, 2.45) is 0 Å². The van der Waals surface area contributed by atoms with E-state index >= 15 is 0 Å². The first-order valence-electron chi connectivity index (χ1n) is 6.71. The van der Waals surface area contributed by atoms with Crippen molar-refractivity contribution in [3.8, 4) is 0 Å². The quantitative estimate of drug-likeness (QED) is 0.809. The van der Waals surface area contributed by atoms with Gasteiger partial charge < -0.3 is 5.32 Å². The van der Waals surface area contributed by atoms with Crippen molar-refractivity contribution in [1.29, 1.82) is 0 Å². The van der Waals surface area contributed by atoms with Crippen LogP contribution in [0, 0.1) is 6.92 Å². The van der Waals surface area contributed by atoms with Crippen molar-refractivity contribution in [1.82, 2.24) is 4.72 Å². The Labute approximate surface area is 116 Å². The maximum absolute atomic E-state index is 11.9. The second-order valence-corrected chi connectivity index (χ2v) is 6.73. The van der Waals surface area contributed by atoms with Gasteiger partial charge in [0.25, 0.3) is 0 Å². The summed E-state index contributed by atoms with van der Waals surface area (Å²) in [6.07, 6.45) is 3.42. The summed E-state index contributed by atoms with van der Waals surface area (Å²) in [6, 6.07) is 5.79. The minimum atomic E-state index is -3.39. The van der Waals surface area contributed by atoms with Gasteiger partial charge in [-0.3, -0.25) is 0 Å². The topological polar surface area (TPSA) is 58.2 Å². The molecule has 19 heavy (non-hydrogen) atoms. The van der Waals surface area contributed by atoms with E-state index in [9.17, 15) is 8.42 Å². The second kappa shape index (κ2) is 6.91. The van der Waals surface area contributed by atoms with Gasteiger partial charge in [-0.1, -0.05) is 25.8 Å². The number of nitrogens with one attached hydrogen (secondary N) is 2. The zero-order valence-corrected chi connectivity index (χ0v) is 13.0. The van der Waals surface area contributed by atoms with Crippen LogP contribution in [0.1, 0.15) is 38.7 Å². The lowest BCUT2D eigenvalue weighted by Gasteiger charge is -2.16. The molecule has 0 saturated carbocycles. The molecule has 0 aliphatic rings. The molecule has 2 N–H and O–H groups in total. The highest BCUT2D eigenvalue weighted by Crippen LogP contribution is 2.21.